The van der Waals surface area contributed by atoms with Gasteiger partial charge in [0.1, 0.15) is 0 Å². The van der Waals surface area contributed by atoms with Crippen LogP contribution in [0.5, 0.6) is 0 Å². The van der Waals surface area contributed by atoms with Crippen LogP contribution in [0, 0.1) is 36.0 Å². The summed E-state index contributed by atoms with van der Waals surface area (Å²) in [4.78, 5) is 0. The van der Waals surface area contributed by atoms with E-state index in [2.05, 4.69) is 27.2 Å². The van der Waals surface area contributed by atoms with E-state index in [0.29, 0.717) is 0 Å². The minimum absolute atomic E-state index is 1.12. The largest absolute Gasteiger partial charge is 0.0654 e. The molecule has 1 radical (unpaired) electrons. The SMILES string of the molecule is CCCCCCCC[CH]CCCCCCCC(C1CC1CCCCCCCC)C1CC1CCCCCCCC. The zero-order valence-electron chi connectivity index (χ0n) is 27.7. The molecule has 0 bridgehead atoms. The van der Waals surface area contributed by atoms with Gasteiger partial charge < -0.3 is 0 Å². The molecule has 0 aliphatic heterocycles. The summed E-state index contributed by atoms with van der Waals surface area (Å²) >= 11 is 0. The molecule has 0 heteroatoms. The van der Waals surface area contributed by atoms with Gasteiger partial charge in [-0.25, -0.2) is 0 Å². The normalized spacial score (nSPS) is 22.8. The van der Waals surface area contributed by atoms with Crippen molar-refractivity contribution in [3.63, 3.8) is 0 Å². The average molecular weight is 544 g/mol. The summed E-state index contributed by atoms with van der Waals surface area (Å²) in [6.45, 7) is 6.99. The van der Waals surface area contributed by atoms with Gasteiger partial charge in [-0.2, -0.15) is 0 Å². The summed E-state index contributed by atoms with van der Waals surface area (Å²) in [5.74, 6) is 5.64. The molecule has 0 aromatic carbocycles. The Morgan fingerprint density at radius 1 is 0.436 bits per heavy atom. The van der Waals surface area contributed by atoms with Gasteiger partial charge in [0.25, 0.3) is 0 Å². The minimum atomic E-state index is 1.12. The Morgan fingerprint density at radius 3 is 1.23 bits per heavy atom. The summed E-state index contributed by atoms with van der Waals surface area (Å²) in [5, 5.41) is 0. The van der Waals surface area contributed by atoms with Gasteiger partial charge in [-0.05, 0) is 55.3 Å². The molecule has 4 atom stereocenters. The quantitative estimate of drug-likeness (QED) is 0.0762. The van der Waals surface area contributed by atoms with Crippen molar-refractivity contribution in [3.05, 3.63) is 6.42 Å². The minimum Gasteiger partial charge on any atom is -0.0654 e. The van der Waals surface area contributed by atoms with Gasteiger partial charge >= 0.3 is 0 Å². The summed E-state index contributed by atoms with van der Waals surface area (Å²) in [6, 6.07) is 0. The average Bonchev–Trinajstić information content (AvgIpc) is 3.87. The van der Waals surface area contributed by atoms with Crippen LogP contribution in [0.3, 0.4) is 0 Å². The molecule has 2 fully saturated rings. The van der Waals surface area contributed by atoms with E-state index in [9.17, 15) is 0 Å². The summed E-state index contributed by atoms with van der Waals surface area (Å²) in [5.41, 5.74) is 0. The molecular weight excluding hydrogens is 468 g/mol. The van der Waals surface area contributed by atoms with Gasteiger partial charge in [-0.3, -0.25) is 0 Å². The van der Waals surface area contributed by atoms with Gasteiger partial charge in [-0.15, -0.1) is 0 Å². The third-order valence-corrected chi connectivity index (χ3v) is 10.6. The second-order valence-corrected chi connectivity index (χ2v) is 14.3. The number of hydrogen-bond donors (Lipinski definition) is 0. The van der Waals surface area contributed by atoms with Gasteiger partial charge in [0, 0.05) is 0 Å². The lowest BCUT2D eigenvalue weighted by Gasteiger charge is -2.18. The standard InChI is InChI=1S/C39H75/c1-4-7-10-13-16-17-18-19-20-21-22-23-26-29-32-37(38-33-35(38)30-27-24-14-11-8-5-2)39-34-36(39)31-28-25-15-12-9-6-3/h19,35-39H,4-18,20-34H2,1-3H3. The molecule has 0 saturated heterocycles. The zero-order valence-corrected chi connectivity index (χ0v) is 27.7. The number of rotatable bonds is 31. The van der Waals surface area contributed by atoms with E-state index in [1.54, 1.807) is 32.1 Å². The molecule has 2 aliphatic rings. The fourth-order valence-corrected chi connectivity index (χ4v) is 7.79. The van der Waals surface area contributed by atoms with Crippen molar-refractivity contribution < 1.29 is 0 Å². The van der Waals surface area contributed by atoms with Gasteiger partial charge in [-0.1, -0.05) is 194 Å². The van der Waals surface area contributed by atoms with Gasteiger partial charge in [0.2, 0.25) is 0 Å². The molecular formula is C39H75. The Morgan fingerprint density at radius 2 is 0.795 bits per heavy atom. The first-order valence-corrected chi connectivity index (χ1v) is 19.1. The lowest BCUT2D eigenvalue weighted by Crippen LogP contribution is -2.09. The Balaban J connectivity index is 1.54. The van der Waals surface area contributed by atoms with Crippen molar-refractivity contribution >= 4 is 0 Å². The first-order chi connectivity index (χ1) is 19.3. The molecule has 0 amide bonds. The number of hydrogen-bond acceptors (Lipinski definition) is 0. The molecule has 0 N–H and O–H groups in total. The van der Waals surface area contributed by atoms with E-state index in [-0.39, 0.29) is 0 Å². The topological polar surface area (TPSA) is 0 Å². The smallest absolute Gasteiger partial charge is 0.0352 e. The van der Waals surface area contributed by atoms with Crippen molar-refractivity contribution in [2.75, 3.05) is 0 Å². The van der Waals surface area contributed by atoms with Crippen LogP contribution in [0.25, 0.3) is 0 Å². The molecule has 4 unspecified atom stereocenters. The fraction of sp³-hybridized carbons (Fsp3) is 0.974. The zero-order chi connectivity index (χ0) is 27.8. The highest BCUT2D eigenvalue weighted by Crippen LogP contribution is 2.59. The molecule has 0 nitrogen and oxygen atoms in total. The molecule has 2 aliphatic carbocycles. The first-order valence-electron chi connectivity index (χ1n) is 19.1. The van der Waals surface area contributed by atoms with Crippen LogP contribution >= 0.6 is 0 Å². The second kappa shape index (κ2) is 24.6. The van der Waals surface area contributed by atoms with E-state index < -0.39 is 0 Å². The van der Waals surface area contributed by atoms with Crippen LogP contribution in [0.15, 0.2) is 0 Å². The van der Waals surface area contributed by atoms with Crippen molar-refractivity contribution in [1.29, 1.82) is 0 Å². The highest BCUT2D eigenvalue weighted by molar-refractivity contribution is 5.00. The summed E-state index contributed by atoms with van der Waals surface area (Å²) in [7, 11) is 0. The molecule has 0 aromatic rings. The lowest BCUT2D eigenvalue weighted by molar-refractivity contribution is 0.318. The van der Waals surface area contributed by atoms with Crippen LogP contribution in [0.4, 0.5) is 0 Å². The molecule has 2 saturated carbocycles. The molecule has 2 rings (SSSR count). The third kappa shape index (κ3) is 18.2. The lowest BCUT2D eigenvalue weighted by atomic mass is 9.87. The van der Waals surface area contributed by atoms with E-state index in [0.717, 1.165) is 29.6 Å². The molecule has 39 heavy (non-hydrogen) atoms. The Hall–Kier alpha value is 0. The summed E-state index contributed by atoms with van der Waals surface area (Å²) < 4.78 is 0. The Labute approximate surface area is 249 Å². The summed E-state index contributed by atoms with van der Waals surface area (Å²) in [6.07, 6.45) is 47.0. The maximum Gasteiger partial charge on any atom is -0.0352 e. The maximum atomic E-state index is 2.60. The molecule has 0 aromatic heterocycles. The van der Waals surface area contributed by atoms with Crippen LogP contribution in [0.2, 0.25) is 0 Å². The monoisotopic (exact) mass is 544 g/mol. The first kappa shape index (κ1) is 35.2. The van der Waals surface area contributed by atoms with Crippen molar-refractivity contribution in [2.45, 2.75) is 213 Å². The number of unbranched alkanes of at least 4 members (excludes halogenated alkanes) is 23. The van der Waals surface area contributed by atoms with E-state index >= 15 is 0 Å². The molecule has 0 heterocycles. The Kier molecular flexibility index (Phi) is 22.2. The predicted octanol–water partition coefficient (Wildman–Crippen LogP) is 14.1. The van der Waals surface area contributed by atoms with Crippen LogP contribution < -0.4 is 0 Å². The van der Waals surface area contributed by atoms with Crippen LogP contribution in [0.1, 0.15) is 213 Å². The van der Waals surface area contributed by atoms with Crippen LogP contribution in [-0.4, -0.2) is 0 Å². The van der Waals surface area contributed by atoms with Crippen LogP contribution in [-0.2, 0) is 0 Å². The van der Waals surface area contributed by atoms with Crippen molar-refractivity contribution in [3.8, 4) is 0 Å². The van der Waals surface area contributed by atoms with Gasteiger partial charge in [0.05, 0.1) is 0 Å². The second-order valence-electron chi connectivity index (χ2n) is 14.3. The van der Waals surface area contributed by atoms with Gasteiger partial charge in [0.15, 0.2) is 0 Å². The van der Waals surface area contributed by atoms with E-state index in [1.807, 2.05) is 0 Å². The third-order valence-electron chi connectivity index (χ3n) is 10.6. The molecule has 231 valence electrons. The predicted molar refractivity (Wildman–Crippen MR) is 177 cm³/mol. The van der Waals surface area contributed by atoms with E-state index in [1.165, 1.54) is 161 Å². The van der Waals surface area contributed by atoms with Crippen molar-refractivity contribution in [1.82, 2.24) is 0 Å². The van der Waals surface area contributed by atoms with E-state index in [4.69, 9.17) is 0 Å². The Bertz CT molecular complexity index is 478. The van der Waals surface area contributed by atoms with Crippen molar-refractivity contribution in [2.24, 2.45) is 29.6 Å². The fourth-order valence-electron chi connectivity index (χ4n) is 7.79. The maximum absolute atomic E-state index is 2.60. The highest BCUT2D eigenvalue weighted by Gasteiger charge is 2.51. The molecule has 0 spiro atoms. The highest BCUT2D eigenvalue weighted by atomic mass is 14.6.